The average molecular weight is 445 g/mol. The lowest BCUT2D eigenvalue weighted by molar-refractivity contribution is 0.0115. The highest BCUT2D eigenvalue weighted by Gasteiger charge is 2.29. The zero-order valence-corrected chi connectivity index (χ0v) is 18.8. The topological polar surface area (TPSA) is 79.4 Å². The number of morpholine rings is 1. The molecule has 8 nitrogen and oxygen atoms in total. The van der Waals surface area contributed by atoms with Gasteiger partial charge in [-0.3, -0.25) is 14.9 Å². The predicted octanol–water partition coefficient (Wildman–Crippen LogP) is 3.48. The molecule has 0 aliphatic carbocycles. The molecule has 170 valence electrons. The molecule has 0 unspecified atom stereocenters. The van der Waals surface area contributed by atoms with E-state index in [1.54, 1.807) is 13.3 Å². The monoisotopic (exact) mass is 444 g/mol. The highest BCUT2D eigenvalue weighted by molar-refractivity contribution is 6.14. The lowest BCUT2D eigenvalue weighted by Gasteiger charge is -2.41. The zero-order chi connectivity index (χ0) is 22.2. The molecule has 0 amide bonds. The molecule has 0 atom stereocenters. The molecule has 0 radical (unpaired) electrons. The first-order chi connectivity index (χ1) is 16.3. The molecule has 4 aromatic heterocycles. The summed E-state index contributed by atoms with van der Waals surface area (Å²) in [6, 6.07) is 6.73. The molecule has 4 aromatic rings. The number of piperidine rings is 1. The number of aromatic amines is 1. The van der Waals surface area contributed by atoms with Gasteiger partial charge in [0.15, 0.2) is 5.75 Å². The number of anilines is 1. The number of nitrogens with zero attached hydrogens (tertiary/aromatic N) is 5. The Bertz CT molecular complexity index is 1260. The SMILES string of the molecule is COc1cnc2[nH]c3cnc(-c4cccnc4)cc3c2c1N1CCC(N2CCOCC2)CC1. The standard InChI is InChI=1S/C25H28N6O2/c1-32-22-16-28-25-23(19-13-20(27-15-21(19)29-25)17-3-2-6-26-14-17)24(22)31-7-4-18(5-8-31)30-9-11-33-12-10-30/h2-3,6,13-16,18H,4-5,7-12H2,1H3,(H,28,29). The first-order valence-corrected chi connectivity index (χ1v) is 11.6. The minimum Gasteiger partial charge on any atom is -0.493 e. The quantitative estimate of drug-likeness (QED) is 0.516. The number of fused-ring (bicyclic) bond motifs is 3. The third-order valence-corrected chi connectivity index (χ3v) is 6.96. The molecular formula is C25H28N6O2. The second kappa shape index (κ2) is 8.61. The maximum absolute atomic E-state index is 5.81. The van der Waals surface area contributed by atoms with Crippen LogP contribution in [-0.4, -0.2) is 77.4 Å². The minimum atomic E-state index is 0.623. The summed E-state index contributed by atoms with van der Waals surface area (Å²) in [4.78, 5) is 22.1. The van der Waals surface area contributed by atoms with Crippen LogP contribution in [0.4, 0.5) is 5.69 Å². The van der Waals surface area contributed by atoms with Crippen LogP contribution in [0.5, 0.6) is 5.75 Å². The second-order valence-corrected chi connectivity index (χ2v) is 8.75. The summed E-state index contributed by atoms with van der Waals surface area (Å²) < 4.78 is 11.4. The molecule has 2 fully saturated rings. The molecule has 2 aliphatic rings. The Balaban J connectivity index is 1.40. The van der Waals surface area contributed by atoms with E-state index in [-0.39, 0.29) is 0 Å². The molecule has 6 heterocycles. The van der Waals surface area contributed by atoms with Crippen LogP contribution >= 0.6 is 0 Å². The van der Waals surface area contributed by atoms with Crippen LogP contribution in [0.15, 0.2) is 43.0 Å². The lowest BCUT2D eigenvalue weighted by Crippen LogP contribution is -2.49. The molecule has 8 heteroatoms. The van der Waals surface area contributed by atoms with Crippen LogP contribution in [0.3, 0.4) is 0 Å². The predicted molar refractivity (Wildman–Crippen MR) is 129 cm³/mol. The Morgan fingerprint density at radius 3 is 2.67 bits per heavy atom. The van der Waals surface area contributed by atoms with Crippen molar-refractivity contribution in [2.24, 2.45) is 0 Å². The maximum atomic E-state index is 5.81. The van der Waals surface area contributed by atoms with E-state index in [4.69, 9.17) is 9.47 Å². The van der Waals surface area contributed by atoms with Gasteiger partial charge in [0.05, 0.1) is 55.0 Å². The highest BCUT2D eigenvalue weighted by Crippen LogP contribution is 2.41. The molecule has 33 heavy (non-hydrogen) atoms. The van der Waals surface area contributed by atoms with E-state index in [0.29, 0.717) is 6.04 Å². The Kier molecular flexibility index (Phi) is 5.32. The molecule has 0 aromatic carbocycles. The minimum absolute atomic E-state index is 0.623. The summed E-state index contributed by atoms with van der Waals surface area (Å²) in [7, 11) is 1.73. The highest BCUT2D eigenvalue weighted by atomic mass is 16.5. The van der Waals surface area contributed by atoms with Gasteiger partial charge in [0.2, 0.25) is 0 Å². The van der Waals surface area contributed by atoms with Crippen LogP contribution in [0.2, 0.25) is 0 Å². The van der Waals surface area contributed by atoms with Crippen LogP contribution in [0, 0.1) is 0 Å². The van der Waals surface area contributed by atoms with Crippen LogP contribution in [0.1, 0.15) is 12.8 Å². The number of H-pyrrole nitrogens is 1. The van der Waals surface area contributed by atoms with Crippen molar-refractivity contribution in [1.29, 1.82) is 0 Å². The third-order valence-electron chi connectivity index (χ3n) is 6.96. The van der Waals surface area contributed by atoms with E-state index in [1.165, 1.54) is 0 Å². The Morgan fingerprint density at radius 1 is 1.06 bits per heavy atom. The van der Waals surface area contributed by atoms with Crippen LogP contribution in [0.25, 0.3) is 33.2 Å². The fourth-order valence-electron chi connectivity index (χ4n) is 5.26. The molecule has 1 N–H and O–H groups in total. The van der Waals surface area contributed by atoms with Gasteiger partial charge in [0.25, 0.3) is 0 Å². The summed E-state index contributed by atoms with van der Waals surface area (Å²) in [5.74, 6) is 0.813. The summed E-state index contributed by atoms with van der Waals surface area (Å²) in [6.45, 7) is 5.76. The van der Waals surface area contributed by atoms with Crippen molar-refractivity contribution in [3.8, 4) is 17.0 Å². The number of hydrogen-bond acceptors (Lipinski definition) is 7. The fourth-order valence-corrected chi connectivity index (χ4v) is 5.26. The van der Waals surface area contributed by atoms with Gasteiger partial charge in [-0.25, -0.2) is 4.98 Å². The molecule has 0 spiro atoms. The zero-order valence-electron chi connectivity index (χ0n) is 18.8. The van der Waals surface area contributed by atoms with Crippen LogP contribution < -0.4 is 9.64 Å². The number of aromatic nitrogens is 4. The van der Waals surface area contributed by atoms with Gasteiger partial charge in [-0.05, 0) is 31.0 Å². The van der Waals surface area contributed by atoms with E-state index in [2.05, 4.69) is 35.8 Å². The van der Waals surface area contributed by atoms with Crippen molar-refractivity contribution in [2.45, 2.75) is 18.9 Å². The summed E-state index contributed by atoms with van der Waals surface area (Å²) in [5.41, 5.74) is 4.86. The number of ether oxygens (including phenoxy) is 2. The number of pyridine rings is 3. The van der Waals surface area contributed by atoms with Crippen molar-refractivity contribution >= 4 is 27.6 Å². The molecule has 6 rings (SSSR count). The van der Waals surface area contributed by atoms with E-state index >= 15 is 0 Å². The van der Waals surface area contributed by atoms with Crippen molar-refractivity contribution in [3.05, 3.63) is 43.0 Å². The van der Waals surface area contributed by atoms with Gasteiger partial charge >= 0.3 is 0 Å². The van der Waals surface area contributed by atoms with Gasteiger partial charge in [-0.2, -0.15) is 0 Å². The van der Waals surface area contributed by atoms with Crippen molar-refractivity contribution in [3.63, 3.8) is 0 Å². The number of rotatable bonds is 4. The second-order valence-electron chi connectivity index (χ2n) is 8.75. The average Bonchev–Trinajstić information content (AvgIpc) is 3.27. The van der Waals surface area contributed by atoms with Crippen molar-refractivity contribution in [1.82, 2.24) is 24.8 Å². The van der Waals surface area contributed by atoms with Crippen molar-refractivity contribution in [2.75, 3.05) is 51.4 Å². The van der Waals surface area contributed by atoms with Crippen LogP contribution in [-0.2, 0) is 4.74 Å². The molecular weight excluding hydrogens is 416 g/mol. The Hall–Kier alpha value is -3.23. The van der Waals surface area contributed by atoms with E-state index in [0.717, 1.165) is 96.9 Å². The molecule has 0 bridgehead atoms. The van der Waals surface area contributed by atoms with Gasteiger partial charge in [-0.1, -0.05) is 0 Å². The third kappa shape index (κ3) is 3.69. The molecule has 2 saturated heterocycles. The summed E-state index contributed by atoms with van der Waals surface area (Å²) in [6.07, 6.45) is 9.62. The smallest absolute Gasteiger partial charge is 0.161 e. The Morgan fingerprint density at radius 2 is 1.91 bits per heavy atom. The molecule has 2 aliphatic heterocycles. The van der Waals surface area contributed by atoms with Gasteiger partial charge < -0.3 is 19.4 Å². The maximum Gasteiger partial charge on any atom is 0.161 e. The van der Waals surface area contributed by atoms with Gasteiger partial charge in [0, 0.05) is 55.6 Å². The van der Waals surface area contributed by atoms with E-state index in [1.807, 2.05) is 30.7 Å². The van der Waals surface area contributed by atoms with E-state index in [9.17, 15) is 0 Å². The number of hydrogen-bond donors (Lipinski definition) is 1. The van der Waals surface area contributed by atoms with Crippen molar-refractivity contribution < 1.29 is 9.47 Å². The fraction of sp³-hybridized carbons (Fsp3) is 0.400. The first-order valence-electron chi connectivity index (χ1n) is 11.6. The number of nitrogens with one attached hydrogen (secondary N) is 1. The normalized spacial score (nSPS) is 18.3. The van der Waals surface area contributed by atoms with Gasteiger partial charge in [0.1, 0.15) is 5.65 Å². The largest absolute Gasteiger partial charge is 0.493 e. The van der Waals surface area contributed by atoms with E-state index < -0.39 is 0 Å². The Labute approximate surface area is 192 Å². The number of methoxy groups -OCH3 is 1. The lowest BCUT2D eigenvalue weighted by atomic mass is 10.0. The summed E-state index contributed by atoms with van der Waals surface area (Å²) in [5, 5.41) is 2.21. The summed E-state index contributed by atoms with van der Waals surface area (Å²) >= 11 is 0. The first kappa shape index (κ1) is 20.4. The molecule has 0 saturated carbocycles. The van der Waals surface area contributed by atoms with Gasteiger partial charge in [-0.15, -0.1) is 0 Å².